The molecule has 7 nitrogen and oxygen atoms in total. The van der Waals surface area contributed by atoms with Crippen LogP contribution in [0.3, 0.4) is 0 Å². The number of aryl methyl sites for hydroxylation is 1. The molecule has 29 heavy (non-hydrogen) atoms. The van der Waals surface area contributed by atoms with Crippen molar-refractivity contribution >= 4 is 22.7 Å². The molecule has 2 aromatic heterocycles. The molecule has 7 heteroatoms. The molecule has 0 fully saturated rings. The first-order valence-corrected chi connectivity index (χ1v) is 9.60. The lowest BCUT2D eigenvalue weighted by molar-refractivity contribution is -0.120. The molecule has 1 atom stereocenters. The summed E-state index contributed by atoms with van der Waals surface area (Å²) in [5.74, 6) is 0.434. The van der Waals surface area contributed by atoms with Crippen LogP contribution in [0.2, 0.25) is 0 Å². The Labute approximate surface area is 170 Å². The lowest BCUT2D eigenvalue weighted by Crippen LogP contribution is -2.30. The Kier molecular flexibility index (Phi) is 5.96. The molecule has 1 N–H and O–H groups in total. The van der Waals surface area contributed by atoms with Crippen LogP contribution in [0.15, 0.2) is 40.9 Å². The quantitative estimate of drug-likeness (QED) is 0.690. The molecule has 152 valence electrons. The number of rotatable bonds is 6. The van der Waals surface area contributed by atoms with Crippen LogP contribution in [0.25, 0.3) is 10.9 Å². The van der Waals surface area contributed by atoms with E-state index in [0.29, 0.717) is 18.2 Å². The van der Waals surface area contributed by atoms with E-state index in [9.17, 15) is 9.59 Å². The van der Waals surface area contributed by atoms with E-state index in [1.807, 2.05) is 44.2 Å². The van der Waals surface area contributed by atoms with Crippen LogP contribution in [0.1, 0.15) is 54.5 Å². The van der Waals surface area contributed by atoms with Gasteiger partial charge in [-0.1, -0.05) is 38.1 Å². The zero-order valence-electron chi connectivity index (χ0n) is 17.4. The molecule has 2 heterocycles. The van der Waals surface area contributed by atoms with E-state index >= 15 is 0 Å². The van der Waals surface area contributed by atoms with Gasteiger partial charge >= 0.3 is 0 Å². The predicted molar refractivity (Wildman–Crippen MR) is 110 cm³/mol. The van der Waals surface area contributed by atoms with E-state index in [-0.39, 0.29) is 29.5 Å². The topological polar surface area (TPSA) is 88.3 Å². The number of nitrogens with one attached hydrogen (secondary N) is 1. The van der Waals surface area contributed by atoms with E-state index in [2.05, 4.69) is 15.3 Å². The minimum atomic E-state index is -0.389. The number of pyridine rings is 1. The maximum atomic E-state index is 13.0. The number of nitrogens with zero attached hydrogens (tertiary/aromatic N) is 3. The number of fused-ring (bicyclic) bond motifs is 1. The average molecular weight is 394 g/mol. The van der Waals surface area contributed by atoms with E-state index in [1.165, 1.54) is 6.92 Å². The van der Waals surface area contributed by atoms with Gasteiger partial charge in [-0.05, 0) is 24.5 Å². The molecule has 0 bridgehead atoms. The molecule has 0 saturated carbocycles. The van der Waals surface area contributed by atoms with E-state index < -0.39 is 0 Å². The molecule has 0 radical (unpaired) electrons. The normalized spacial score (nSPS) is 12.2. The van der Waals surface area contributed by atoms with Gasteiger partial charge in [0.1, 0.15) is 11.8 Å². The summed E-state index contributed by atoms with van der Waals surface area (Å²) in [6, 6.07) is 9.41. The van der Waals surface area contributed by atoms with Crippen molar-refractivity contribution in [1.29, 1.82) is 0 Å². The molecular weight excluding hydrogens is 368 g/mol. The summed E-state index contributed by atoms with van der Waals surface area (Å²) in [7, 11) is 1.73. The fraction of sp³-hybridized carbons (Fsp3) is 0.364. The van der Waals surface area contributed by atoms with Crippen LogP contribution in [0, 0.1) is 12.8 Å². The van der Waals surface area contributed by atoms with E-state index in [1.54, 1.807) is 25.1 Å². The van der Waals surface area contributed by atoms with Crippen molar-refractivity contribution in [3.05, 3.63) is 59.4 Å². The number of benzene rings is 1. The third-order valence-electron chi connectivity index (χ3n) is 4.78. The number of hydrogen-bond acceptors (Lipinski definition) is 5. The van der Waals surface area contributed by atoms with Crippen molar-refractivity contribution in [1.82, 2.24) is 20.2 Å². The van der Waals surface area contributed by atoms with Gasteiger partial charge in [-0.3, -0.25) is 14.6 Å². The Morgan fingerprint density at radius 3 is 2.62 bits per heavy atom. The summed E-state index contributed by atoms with van der Waals surface area (Å²) in [6.07, 6.45) is 1.75. The van der Waals surface area contributed by atoms with Crippen molar-refractivity contribution in [2.24, 2.45) is 5.92 Å². The maximum absolute atomic E-state index is 13.0. The van der Waals surface area contributed by atoms with Gasteiger partial charge in [0, 0.05) is 32.1 Å². The van der Waals surface area contributed by atoms with Crippen molar-refractivity contribution in [2.75, 3.05) is 7.05 Å². The van der Waals surface area contributed by atoms with Gasteiger partial charge in [0.15, 0.2) is 5.69 Å². The highest BCUT2D eigenvalue weighted by Gasteiger charge is 2.27. The Hall–Kier alpha value is -3.22. The van der Waals surface area contributed by atoms with Crippen molar-refractivity contribution in [3.8, 4) is 0 Å². The number of aromatic nitrogens is 2. The molecule has 0 saturated heterocycles. The van der Waals surface area contributed by atoms with Gasteiger partial charge in [-0.25, -0.2) is 4.98 Å². The zero-order valence-corrected chi connectivity index (χ0v) is 17.4. The second-order valence-corrected chi connectivity index (χ2v) is 7.53. The number of amides is 2. The first-order chi connectivity index (χ1) is 13.8. The second-order valence-electron chi connectivity index (χ2n) is 7.53. The minimum Gasteiger partial charge on any atom is -0.443 e. The summed E-state index contributed by atoms with van der Waals surface area (Å²) < 4.78 is 5.75. The molecule has 0 aliphatic carbocycles. The second kappa shape index (κ2) is 8.43. The number of oxazole rings is 1. The van der Waals surface area contributed by atoms with Gasteiger partial charge in [0.25, 0.3) is 5.91 Å². The number of para-hydroxylation sites is 1. The molecule has 3 aromatic rings. The summed E-state index contributed by atoms with van der Waals surface area (Å²) >= 11 is 0. The van der Waals surface area contributed by atoms with Crippen LogP contribution in [-0.4, -0.2) is 33.7 Å². The monoisotopic (exact) mass is 394 g/mol. The van der Waals surface area contributed by atoms with Crippen LogP contribution in [0.4, 0.5) is 0 Å². The summed E-state index contributed by atoms with van der Waals surface area (Å²) in [5.41, 5.74) is 2.09. The molecule has 0 unspecified atom stereocenters. The Balaban J connectivity index is 1.84. The number of carbonyl (C=O) groups excluding carboxylic acids is 2. The van der Waals surface area contributed by atoms with E-state index in [4.69, 9.17) is 4.42 Å². The lowest BCUT2D eigenvalue weighted by atomic mass is 10.0. The summed E-state index contributed by atoms with van der Waals surface area (Å²) in [4.78, 5) is 35.0. The fourth-order valence-corrected chi connectivity index (χ4v) is 3.28. The number of carbonyl (C=O) groups is 2. The third kappa shape index (κ3) is 4.45. The first-order valence-electron chi connectivity index (χ1n) is 9.60. The van der Waals surface area contributed by atoms with Gasteiger partial charge in [0.05, 0.1) is 5.52 Å². The molecule has 0 aliphatic heterocycles. The van der Waals surface area contributed by atoms with Crippen molar-refractivity contribution in [3.63, 3.8) is 0 Å². The molecule has 3 rings (SSSR count). The summed E-state index contributed by atoms with van der Waals surface area (Å²) in [5, 5.41) is 3.86. The van der Waals surface area contributed by atoms with Crippen LogP contribution < -0.4 is 5.32 Å². The van der Waals surface area contributed by atoms with Gasteiger partial charge in [-0.2, -0.15) is 0 Å². The standard InChI is InChI=1S/C22H26N4O3/c1-13(2)18(24-15(4)27)21-25-19(14(3)29-21)22(28)26(5)12-17-9-6-8-16-10-7-11-23-20(16)17/h6-11,13,18H,12H2,1-5H3,(H,24,27)/t18-/m1/s1. The summed E-state index contributed by atoms with van der Waals surface area (Å²) in [6.45, 7) is 7.47. The smallest absolute Gasteiger partial charge is 0.276 e. The van der Waals surface area contributed by atoms with Gasteiger partial charge < -0.3 is 14.6 Å². The zero-order chi connectivity index (χ0) is 21.1. The highest BCUT2D eigenvalue weighted by Crippen LogP contribution is 2.25. The predicted octanol–water partition coefficient (Wildman–Crippen LogP) is 3.64. The fourth-order valence-electron chi connectivity index (χ4n) is 3.28. The lowest BCUT2D eigenvalue weighted by Gasteiger charge is -2.18. The van der Waals surface area contributed by atoms with Crippen LogP contribution >= 0.6 is 0 Å². The minimum absolute atomic E-state index is 0.0689. The third-order valence-corrected chi connectivity index (χ3v) is 4.78. The van der Waals surface area contributed by atoms with Crippen LogP contribution in [-0.2, 0) is 11.3 Å². The molecule has 2 amide bonds. The average Bonchev–Trinajstić information content (AvgIpc) is 3.06. The van der Waals surface area contributed by atoms with Crippen molar-refractivity contribution in [2.45, 2.75) is 40.3 Å². The Morgan fingerprint density at radius 1 is 1.21 bits per heavy atom. The highest BCUT2D eigenvalue weighted by molar-refractivity contribution is 5.93. The largest absolute Gasteiger partial charge is 0.443 e. The van der Waals surface area contributed by atoms with Crippen LogP contribution in [0.5, 0.6) is 0 Å². The SMILES string of the molecule is CC(=O)N[C@@H](c1nc(C(=O)N(C)Cc2cccc3cccnc23)c(C)o1)C(C)C. The van der Waals surface area contributed by atoms with E-state index in [0.717, 1.165) is 16.5 Å². The first kappa shape index (κ1) is 20.5. The molecule has 0 spiro atoms. The molecular formula is C22H26N4O3. The van der Waals surface area contributed by atoms with Crippen molar-refractivity contribution < 1.29 is 14.0 Å². The molecule has 0 aliphatic rings. The maximum Gasteiger partial charge on any atom is 0.276 e. The Morgan fingerprint density at radius 2 is 1.93 bits per heavy atom. The van der Waals surface area contributed by atoms with Gasteiger partial charge in [0.2, 0.25) is 11.8 Å². The number of hydrogen-bond donors (Lipinski definition) is 1. The molecule has 1 aromatic carbocycles. The highest BCUT2D eigenvalue weighted by atomic mass is 16.4. The van der Waals surface area contributed by atoms with Gasteiger partial charge in [-0.15, -0.1) is 0 Å². The Bertz CT molecular complexity index is 1040.